The molecule has 3 nitrogen and oxygen atoms in total. The minimum atomic E-state index is -0.254. The molecular formula is C17H21FN2OS. The van der Waals surface area contributed by atoms with Gasteiger partial charge in [-0.3, -0.25) is 4.79 Å². The third-order valence-corrected chi connectivity index (χ3v) is 5.85. The molecule has 118 valence electrons. The molecule has 0 saturated carbocycles. The van der Waals surface area contributed by atoms with Crippen molar-refractivity contribution in [3.63, 3.8) is 0 Å². The lowest BCUT2D eigenvalue weighted by atomic mass is 9.81. The number of benzene rings is 1. The molecule has 2 N–H and O–H groups in total. The van der Waals surface area contributed by atoms with Crippen LogP contribution in [0.4, 0.5) is 4.39 Å². The second-order valence-corrected chi connectivity index (χ2v) is 7.46. The Morgan fingerprint density at radius 1 is 1.41 bits per heavy atom. The molecule has 2 heterocycles. The summed E-state index contributed by atoms with van der Waals surface area (Å²) in [6.45, 7) is 6.71. The number of halogens is 1. The Morgan fingerprint density at radius 2 is 2.14 bits per heavy atom. The predicted molar refractivity (Wildman–Crippen MR) is 89.1 cm³/mol. The van der Waals surface area contributed by atoms with Gasteiger partial charge in [0.15, 0.2) is 0 Å². The Kier molecular flexibility index (Phi) is 4.19. The van der Waals surface area contributed by atoms with Crippen molar-refractivity contribution in [3.05, 3.63) is 34.5 Å². The summed E-state index contributed by atoms with van der Waals surface area (Å²) in [5.74, 6) is -0.339. The number of thiophene rings is 1. The van der Waals surface area contributed by atoms with Gasteiger partial charge in [0.05, 0.1) is 4.88 Å². The van der Waals surface area contributed by atoms with Crippen LogP contribution in [-0.2, 0) is 0 Å². The first-order valence-electron chi connectivity index (χ1n) is 7.67. The number of piperidine rings is 1. The largest absolute Gasteiger partial charge is 0.351 e. The SMILES string of the molecule is Cc1c(C(=O)NCC2(C)CCNCC2)sc2cccc(F)c12. The van der Waals surface area contributed by atoms with Gasteiger partial charge in [-0.05, 0) is 56.0 Å². The maximum atomic E-state index is 13.9. The van der Waals surface area contributed by atoms with Gasteiger partial charge in [0, 0.05) is 16.6 Å². The molecule has 1 aliphatic rings. The Labute approximate surface area is 133 Å². The van der Waals surface area contributed by atoms with Crippen LogP contribution in [0.5, 0.6) is 0 Å². The third kappa shape index (κ3) is 2.88. The highest BCUT2D eigenvalue weighted by molar-refractivity contribution is 7.21. The van der Waals surface area contributed by atoms with Crippen molar-refractivity contribution in [1.29, 1.82) is 0 Å². The molecule has 0 unspecified atom stereocenters. The van der Waals surface area contributed by atoms with Crippen LogP contribution >= 0.6 is 11.3 Å². The number of carbonyl (C=O) groups excluding carboxylic acids is 1. The number of nitrogens with one attached hydrogen (secondary N) is 2. The highest BCUT2D eigenvalue weighted by Crippen LogP contribution is 2.33. The molecule has 1 amide bonds. The number of hydrogen-bond donors (Lipinski definition) is 2. The topological polar surface area (TPSA) is 41.1 Å². The van der Waals surface area contributed by atoms with Gasteiger partial charge in [-0.2, -0.15) is 0 Å². The summed E-state index contributed by atoms with van der Waals surface area (Å²) in [7, 11) is 0. The molecule has 2 aromatic rings. The first-order valence-corrected chi connectivity index (χ1v) is 8.48. The second-order valence-electron chi connectivity index (χ2n) is 6.41. The Bertz CT molecular complexity index is 704. The number of amides is 1. The number of fused-ring (bicyclic) bond motifs is 1. The molecule has 1 saturated heterocycles. The fraction of sp³-hybridized carbons (Fsp3) is 0.471. The van der Waals surface area contributed by atoms with E-state index >= 15 is 0 Å². The van der Waals surface area contributed by atoms with E-state index in [4.69, 9.17) is 0 Å². The summed E-state index contributed by atoms with van der Waals surface area (Å²) in [6.07, 6.45) is 2.13. The maximum Gasteiger partial charge on any atom is 0.261 e. The lowest BCUT2D eigenvalue weighted by Crippen LogP contribution is -2.42. The van der Waals surface area contributed by atoms with E-state index in [-0.39, 0.29) is 17.1 Å². The normalized spacial score (nSPS) is 17.6. The molecule has 1 aromatic carbocycles. The van der Waals surface area contributed by atoms with E-state index in [1.165, 1.54) is 17.4 Å². The molecular weight excluding hydrogens is 299 g/mol. The number of carbonyl (C=O) groups is 1. The van der Waals surface area contributed by atoms with E-state index in [1.54, 1.807) is 6.07 Å². The summed E-state index contributed by atoms with van der Waals surface area (Å²) in [5, 5.41) is 6.97. The highest BCUT2D eigenvalue weighted by Gasteiger charge is 2.28. The van der Waals surface area contributed by atoms with Gasteiger partial charge < -0.3 is 10.6 Å². The molecule has 0 spiro atoms. The summed E-state index contributed by atoms with van der Waals surface area (Å²) >= 11 is 1.37. The zero-order valence-electron chi connectivity index (χ0n) is 13.0. The van der Waals surface area contributed by atoms with Gasteiger partial charge in [-0.25, -0.2) is 4.39 Å². The smallest absolute Gasteiger partial charge is 0.261 e. The van der Waals surface area contributed by atoms with Gasteiger partial charge in [-0.15, -0.1) is 11.3 Å². The first-order chi connectivity index (χ1) is 10.5. The highest BCUT2D eigenvalue weighted by atomic mass is 32.1. The van der Waals surface area contributed by atoms with E-state index < -0.39 is 0 Å². The van der Waals surface area contributed by atoms with Crippen molar-refractivity contribution in [2.75, 3.05) is 19.6 Å². The monoisotopic (exact) mass is 320 g/mol. The van der Waals surface area contributed by atoms with Crippen molar-refractivity contribution >= 4 is 27.3 Å². The van der Waals surface area contributed by atoms with Crippen LogP contribution in [0.1, 0.15) is 35.0 Å². The van der Waals surface area contributed by atoms with Crippen LogP contribution in [-0.4, -0.2) is 25.5 Å². The van der Waals surface area contributed by atoms with Crippen molar-refractivity contribution < 1.29 is 9.18 Å². The average Bonchev–Trinajstić information content (AvgIpc) is 2.84. The zero-order chi connectivity index (χ0) is 15.7. The van der Waals surface area contributed by atoms with Crippen LogP contribution in [0, 0.1) is 18.2 Å². The third-order valence-electron chi connectivity index (χ3n) is 4.60. The summed E-state index contributed by atoms with van der Waals surface area (Å²) < 4.78 is 14.8. The molecule has 3 rings (SSSR count). The van der Waals surface area contributed by atoms with Crippen LogP contribution in [0.25, 0.3) is 10.1 Å². The minimum Gasteiger partial charge on any atom is -0.351 e. The quantitative estimate of drug-likeness (QED) is 0.909. The Hall–Kier alpha value is -1.46. The number of aryl methyl sites for hydroxylation is 1. The summed E-state index contributed by atoms with van der Waals surface area (Å²) in [6, 6.07) is 4.99. The van der Waals surface area contributed by atoms with Gasteiger partial charge >= 0.3 is 0 Å². The molecule has 1 aliphatic heterocycles. The van der Waals surface area contributed by atoms with E-state index in [2.05, 4.69) is 17.6 Å². The zero-order valence-corrected chi connectivity index (χ0v) is 13.8. The van der Waals surface area contributed by atoms with Gasteiger partial charge in [0.1, 0.15) is 5.82 Å². The Morgan fingerprint density at radius 3 is 2.82 bits per heavy atom. The fourth-order valence-corrected chi connectivity index (χ4v) is 4.19. The molecule has 0 bridgehead atoms. The molecule has 1 fully saturated rings. The second kappa shape index (κ2) is 5.97. The summed E-state index contributed by atoms with van der Waals surface area (Å²) in [4.78, 5) is 13.1. The van der Waals surface area contributed by atoms with Gasteiger partial charge in [0.25, 0.3) is 5.91 Å². The molecule has 0 aliphatic carbocycles. The minimum absolute atomic E-state index is 0.0853. The standard InChI is InChI=1S/C17H21FN2OS/c1-11-14-12(18)4-3-5-13(14)22-15(11)16(21)20-10-17(2)6-8-19-9-7-17/h3-5,19H,6-10H2,1-2H3,(H,20,21). The molecule has 22 heavy (non-hydrogen) atoms. The number of hydrogen-bond acceptors (Lipinski definition) is 3. The van der Waals surface area contributed by atoms with Crippen molar-refractivity contribution in [3.8, 4) is 0 Å². The van der Waals surface area contributed by atoms with E-state index in [0.717, 1.165) is 36.2 Å². The van der Waals surface area contributed by atoms with Gasteiger partial charge in [-0.1, -0.05) is 13.0 Å². The Balaban J connectivity index is 1.78. The van der Waals surface area contributed by atoms with Crippen LogP contribution < -0.4 is 10.6 Å². The van der Waals surface area contributed by atoms with Crippen molar-refractivity contribution in [2.45, 2.75) is 26.7 Å². The van der Waals surface area contributed by atoms with Gasteiger partial charge in [0.2, 0.25) is 0 Å². The van der Waals surface area contributed by atoms with Crippen LogP contribution in [0.15, 0.2) is 18.2 Å². The van der Waals surface area contributed by atoms with Crippen molar-refractivity contribution in [1.82, 2.24) is 10.6 Å². The predicted octanol–water partition coefficient (Wildman–Crippen LogP) is 3.47. The first kappa shape index (κ1) is 15.4. The fourth-order valence-electron chi connectivity index (χ4n) is 3.05. The number of rotatable bonds is 3. The van der Waals surface area contributed by atoms with E-state index in [0.29, 0.717) is 16.8 Å². The molecule has 0 radical (unpaired) electrons. The lowest BCUT2D eigenvalue weighted by molar-refractivity contribution is 0.0926. The van der Waals surface area contributed by atoms with Crippen LogP contribution in [0.2, 0.25) is 0 Å². The van der Waals surface area contributed by atoms with E-state index in [1.807, 2.05) is 13.0 Å². The average molecular weight is 320 g/mol. The van der Waals surface area contributed by atoms with Crippen molar-refractivity contribution in [2.24, 2.45) is 5.41 Å². The molecule has 5 heteroatoms. The summed E-state index contributed by atoms with van der Waals surface area (Å²) in [5.41, 5.74) is 0.891. The van der Waals surface area contributed by atoms with E-state index in [9.17, 15) is 9.18 Å². The maximum absolute atomic E-state index is 13.9. The molecule has 1 aromatic heterocycles. The molecule has 0 atom stereocenters. The lowest BCUT2D eigenvalue weighted by Gasteiger charge is -2.34. The van der Waals surface area contributed by atoms with Crippen LogP contribution in [0.3, 0.4) is 0 Å².